The maximum absolute atomic E-state index is 13.0. The molecule has 6 aliphatic rings. The lowest BCUT2D eigenvalue weighted by Crippen LogP contribution is -2.73. The van der Waals surface area contributed by atoms with Crippen LogP contribution in [0.5, 0.6) is 0 Å². The Bertz CT molecular complexity index is 1020. The second-order valence-electron chi connectivity index (χ2n) is 10.3. The van der Waals surface area contributed by atoms with Crippen molar-refractivity contribution in [3.63, 3.8) is 0 Å². The second-order valence-corrected chi connectivity index (χ2v) is 10.3. The SMILES string of the molecule is CC[C@@H]1[C@@]2(C=C(C)C(=O)O2)[C@]23C[C@H]([C@H]4C[C@@H](C)C(=O)O4)N4CCC=C[C@]1(OC)[C@@]42NC(=O)O3. The molecule has 9 nitrogen and oxygen atoms in total. The van der Waals surface area contributed by atoms with Crippen molar-refractivity contribution >= 4 is 18.0 Å². The molecule has 1 aliphatic carbocycles. The van der Waals surface area contributed by atoms with Crippen LogP contribution in [0.15, 0.2) is 23.8 Å². The molecule has 0 aromatic carbocycles. The molecular weight excluding hydrogens is 428 g/mol. The number of rotatable bonds is 3. The summed E-state index contributed by atoms with van der Waals surface area (Å²) in [4.78, 5) is 40.4. The number of alkyl carbamates (subject to hydrolysis) is 1. The minimum atomic E-state index is -1.24. The average molecular weight is 459 g/mol. The first-order valence-corrected chi connectivity index (χ1v) is 11.9. The molecule has 6 rings (SSSR count). The third kappa shape index (κ3) is 2.06. The summed E-state index contributed by atoms with van der Waals surface area (Å²) in [5, 5.41) is 3.16. The Labute approximate surface area is 192 Å². The summed E-state index contributed by atoms with van der Waals surface area (Å²) in [6.07, 6.45) is 7.36. The van der Waals surface area contributed by atoms with Crippen LogP contribution < -0.4 is 5.32 Å². The summed E-state index contributed by atoms with van der Waals surface area (Å²) < 4.78 is 24.7. The van der Waals surface area contributed by atoms with Crippen LogP contribution in [0.3, 0.4) is 0 Å². The molecule has 4 fully saturated rings. The van der Waals surface area contributed by atoms with Crippen molar-refractivity contribution in [3.05, 3.63) is 23.8 Å². The Hall–Kier alpha value is -2.39. The zero-order chi connectivity index (χ0) is 23.4. The van der Waals surface area contributed by atoms with Crippen LogP contribution in [-0.2, 0) is 28.5 Å². The van der Waals surface area contributed by atoms with Gasteiger partial charge in [0.05, 0.1) is 12.0 Å². The van der Waals surface area contributed by atoms with Crippen LogP contribution in [0.1, 0.15) is 46.5 Å². The first kappa shape index (κ1) is 21.2. The van der Waals surface area contributed by atoms with Crippen molar-refractivity contribution in [3.8, 4) is 0 Å². The Balaban J connectivity index is 1.63. The van der Waals surface area contributed by atoms with Gasteiger partial charge in [-0.25, -0.2) is 9.59 Å². The minimum absolute atomic E-state index is 0.193. The van der Waals surface area contributed by atoms with E-state index >= 15 is 0 Å². The fourth-order valence-corrected chi connectivity index (χ4v) is 8.01. The molecule has 0 unspecified atom stereocenters. The quantitative estimate of drug-likeness (QED) is 0.388. The van der Waals surface area contributed by atoms with E-state index in [1.54, 1.807) is 14.0 Å². The van der Waals surface area contributed by atoms with Crippen molar-refractivity contribution in [2.45, 2.75) is 81.1 Å². The minimum Gasteiger partial charge on any atom is -0.460 e. The molecule has 1 amide bonds. The third-order valence-electron chi connectivity index (χ3n) is 9.04. The maximum Gasteiger partial charge on any atom is 0.409 e. The van der Waals surface area contributed by atoms with Crippen molar-refractivity contribution in [1.29, 1.82) is 0 Å². The van der Waals surface area contributed by atoms with E-state index in [-0.39, 0.29) is 30.0 Å². The average Bonchev–Trinajstić information content (AvgIpc) is 3.43. The Kier molecular flexibility index (Phi) is 4.10. The van der Waals surface area contributed by atoms with E-state index in [0.717, 1.165) is 6.42 Å². The highest BCUT2D eigenvalue weighted by molar-refractivity contribution is 5.92. The summed E-state index contributed by atoms with van der Waals surface area (Å²) >= 11 is 0. The monoisotopic (exact) mass is 458 g/mol. The summed E-state index contributed by atoms with van der Waals surface area (Å²) in [5.41, 5.74) is -4.10. The van der Waals surface area contributed by atoms with Gasteiger partial charge < -0.3 is 18.9 Å². The highest BCUT2D eigenvalue weighted by atomic mass is 16.6. The zero-order valence-electron chi connectivity index (χ0n) is 19.4. The Morgan fingerprint density at radius 3 is 2.67 bits per heavy atom. The summed E-state index contributed by atoms with van der Waals surface area (Å²) in [6, 6.07) is -0.225. The van der Waals surface area contributed by atoms with E-state index in [4.69, 9.17) is 18.9 Å². The van der Waals surface area contributed by atoms with Gasteiger partial charge in [0.2, 0.25) is 0 Å². The van der Waals surface area contributed by atoms with Gasteiger partial charge in [0.25, 0.3) is 0 Å². The van der Waals surface area contributed by atoms with E-state index < -0.39 is 34.5 Å². The predicted octanol–water partition coefficient (Wildman–Crippen LogP) is 1.81. The number of nitrogens with one attached hydrogen (secondary N) is 1. The van der Waals surface area contributed by atoms with Crippen LogP contribution in [0, 0.1) is 11.8 Å². The molecule has 33 heavy (non-hydrogen) atoms. The molecule has 0 aromatic heterocycles. The lowest BCUT2D eigenvalue weighted by atomic mass is 9.74. The van der Waals surface area contributed by atoms with Gasteiger partial charge in [-0.05, 0) is 32.3 Å². The topological polar surface area (TPSA) is 103 Å². The van der Waals surface area contributed by atoms with Gasteiger partial charge in [0, 0.05) is 31.6 Å². The molecule has 2 spiro atoms. The van der Waals surface area contributed by atoms with Gasteiger partial charge in [0.15, 0.2) is 16.9 Å². The van der Waals surface area contributed by atoms with Crippen molar-refractivity contribution in [2.24, 2.45) is 11.8 Å². The van der Waals surface area contributed by atoms with Crippen LogP contribution in [0.4, 0.5) is 4.79 Å². The third-order valence-corrected chi connectivity index (χ3v) is 9.04. The predicted molar refractivity (Wildman–Crippen MR) is 114 cm³/mol. The first-order chi connectivity index (χ1) is 15.7. The molecule has 0 aromatic rings. The number of methoxy groups -OCH3 is 1. The molecule has 178 valence electrons. The highest BCUT2D eigenvalue weighted by Crippen LogP contribution is 2.72. The molecule has 8 atom stereocenters. The summed E-state index contributed by atoms with van der Waals surface area (Å²) in [6.45, 7) is 6.25. The van der Waals surface area contributed by atoms with Gasteiger partial charge in [-0.15, -0.1) is 0 Å². The molecule has 0 radical (unpaired) electrons. The number of hydrogen-bond acceptors (Lipinski definition) is 8. The van der Waals surface area contributed by atoms with E-state index in [2.05, 4.69) is 16.3 Å². The number of carbonyl (C=O) groups is 3. The molecule has 9 heteroatoms. The number of ether oxygens (including phenoxy) is 4. The van der Waals surface area contributed by atoms with Gasteiger partial charge in [0.1, 0.15) is 11.7 Å². The van der Waals surface area contributed by atoms with E-state index in [9.17, 15) is 14.4 Å². The fourth-order valence-electron chi connectivity index (χ4n) is 8.01. The fraction of sp³-hybridized carbons (Fsp3) is 0.708. The van der Waals surface area contributed by atoms with Crippen molar-refractivity contribution in [2.75, 3.05) is 13.7 Å². The molecular formula is C24H30N2O7. The number of hydrogen-bond donors (Lipinski definition) is 1. The van der Waals surface area contributed by atoms with Crippen LogP contribution in [0.25, 0.3) is 0 Å². The normalized spacial score (nSPS) is 49.9. The number of nitrogens with zero attached hydrogens (tertiary/aromatic N) is 1. The van der Waals surface area contributed by atoms with Crippen molar-refractivity contribution < 1.29 is 33.3 Å². The molecule has 5 heterocycles. The standard InChI is InChI=1S/C24H30N2O7/c1-5-17-21(30-4)8-6-7-9-26-15(16-10-13(2)18(27)31-16)12-23(24(21,26)25-20(29)33-23)22(17)11-14(3)19(28)32-22/h6,8,11,13,15-17H,5,7,9-10,12H2,1-4H3,(H,25,29)/t13-,15-,16-,17+,21-,22+,23-,24-/m1/s1. The van der Waals surface area contributed by atoms with Gasteiger partial charge in [-0.2, -0.15) is 0 Å². The molecule has 5 aliphatic heterocycles. The van der Waals surface area contributed by atoms with E-state index in [1.807, 2.05) is 26.0 Å². The summed E-state index contributed by atoms with van der Waals surface area (Å²) in [7, 11) is 1.64. The maximum atomic E-state index is 13.0. The number of amides is 1. The number of esters is 2. The number of carbonyl (C=O) groups excluding carboxylic acids is 3. The van der Waals surface area contributed by atoms with Gasteiger partial charge in [-0.3, -0.25) is 15.0 Å². The zero-order valence-corrected chi connectivity index (χ0v) is 19.4. The Morgan fingerprint density at radius 2 is 2.06 bits per heavy atom. The molecule has 3 saturated heterocycles. The lowest BCUT2D eigenvalue weighted by molar-refractivity contribution is -0.174. The number of cyclic esters (lactones) is 1. The van der Waals surface area contributed by atoms with E-state index in [1.165, 1.54) is 0 Å². The lowest BCUT2D eigenvalue weighted by Gasteiger charge is -2.48. The highest BCUT2D eigenvalue weighted by Gasteiger charge is 2.93. The molecule has 0 bridgehead atoms. The summed E-state index contributed by atoms with van der Waals surface area (Å²) in [5.74, 6) is -1.12. The van der Waals surface area contributed by atoms with Gasteiger partial charge >= 0.3 is 18.0 Å². The van der Waals surface area contributed by atoms with Crippen LogP contribution in [-0.4, -0.2) is 71.2 Å². The molecule has 1 saturated carbocycles. The van der Waals surface area contributed by atoms with E-state index in [0.29, 0.717) is 31.4 Å². The van der Waals surface area contributed by atoms with Crippen molar-refractivity contribution in [1.82, 2.24) is 10.2 Å². The first-order valence-electron chi connectivity index (χ1n) is 11.9. The molecule has 1 N–H and O–H groups in total. The largest absolute Gasteiger partial charge is 0.460 e. The van der Waals surface area contributed by atoms with Gasteiger partial charge in [-0.1, -0.05) is 26.0 Å². The smallest absolute Gasteiger partial charge is 0.409 e. The second kappa shape index (κ2) is 6.39. The van der Waals surface area contributed by atoms with Crippen LogP contribution in [0.2, 0.25) is 0 Å². The van der Waals surface area contributed by atoms with Crippen LogP contribution >= 0.6 is 0 Å². The Morgan fingerprint density at radius 1 is 1.27 bits per heavy atom.